The molecule has 1 aliphatic heterocycles. The van der Waals surface area contributed by atoms with Crippen molar-refractivity contribution < 1.29 is 14.7 Å². The van der Waals surface area contributed by atoms with Crippen molar-refractivity contribution in [2.75, 3.05) is 18.1 Å². The number of aliphatic carboxylic acids is 1. The van der Waals surface area contributed by atoms with E-state index in [0.717, 1.165) is 29.0 Å². The molecule has 1 fully saturated rings. The van der Waals surface area contributed by atoms with Crippen molar-refractivity contribution in [3.8, 4) is 0 Å². The molecule has 1 saturated heterocycles. The van der Waals surface area contributed by atoms with Crippen molar-refractivity contribution in [2.45, 2.75) is 13.0 Å². The summed E-state index contributed by atoms with van der Waals surface area (Å²) in [5, 5.41) is 10.4. The molecule has 1 amide bonds. The van der Waals surface area contributed by atoms with E-state index in [1.807, 2.05) is 16.7 Å². The van der Waals surface area contributed by atoms with Gasteiger partial charge in [0.05, 0.1) is 5.56 Å². The molecular weight excluding hydrogens is 282 g/mol. The number of amides is 1. The van der Waals surface area contributed by atoms with Gasteiger partial charge in [-0.1, -0.05) is 0 Å². The Kier molecular flexibility index (Phi) is 4.66. The summed E-state index contributed by atoms with van der Waals surface area (Å²) >= 11 is 3.25. The van der Waals surface area contributed by atoms with E-state index in [4.69, 9.17) is 5.11 Å². The lowest BCUT2D eigenvalue weighted by molar-refractivity contribution is -0.131. The number of thioether (sulfide) groups is 1. The largest absolute Gasteiger partial charge is 0.478 e. The summed E-state index contributed by atoms with van der Waals surface area (Å²) in [5.74, 6) is 1.01. The first-order valence-electron chi connectivity index (χ1n) is 5.96. The van der Waals surface area contributed by atoms with Crippen molar-refractivity contribution in [1.29, 1.82) is 0 Å². The number of hydrogen-bond donors (Lipinski definition) is 1. The van der Waals surface area contributed by atoms with Gasteiger partial charge in [0.2, 0.25) is 0 Å². The molecule has 1 atom stereocenters. The van der Waals surface area contributed by atoms with Crippen LogP contribution < -0.4 is 0 Å². The SMILES string of the molecule is CC1CSCCN1C(=O)c1csc(C=CC(=O)O)c1. The highest BCUT2D eigenvalue weighted by atomic mass is 32.2. The lowest BCUT2D eigenvalue weighted by Gasteiger charge is -2.32. The second-order valence-corrected chi connectivity index (χ2v) is 6.42. The minimum Gasteiger partial charge on any atom is -0.478 e. The quantitative estimate of drug-likeness (QED) is 0.871. The monoisotopic (exact) mass is 297 g/mol. The first-order chi connectivity index (χ1) is 9.08. The molecule has 1 aromatic rings. The van der Waals surface area contributed by atoms with Crippen LogP contribution in [0.2, 0.25) is 0 Å². The van der Waals surface area contributed by atoms with Gasteiger partial charge in [-0.3, -0.25) is 4.79 Å². The fourth-order valence-electron chi connectivity index (χ4n) is 1.90. The van der Waals surface area contributed by atoms with Crippen LogP contribution in [0.1, 0.15) is 22.2 Å². The van der Waals surface area contributed by atoms with Crippen molar-refractivity contribution in [2.24, 2.45) is 0 Å². The van der Waals surface area contributed by atoms with Gasteiger partial charge >= 0.3 is 5.97 Å². The Bertz CT molecular complexity index is 510. The number of carbonyl (C=O) groups excluding carboxylic acids is 1. The Labute approximate surface area is 120 Å². The predicted octanol–water partition coefficient (Wildman–Crippen LogP) is 2.42. The number of carboxylic acids is 1. The number of thiophene rings is 1. The summed E-state index contributed by atoms with van der Waals surface area (Å²) in [4.78, 5) is 25.5. The third-order valence-electron chi connectivity index (χ3n) is 2.89. The summed E-state index contributed by atoms with van der Waals surface area (Å²) in [5.41, 5.74) is 0.647. The third-order valence-corrected chi connectivity index (χ3v) is 4.97. The zero-order valence-electron chi connectivity index (χ0n) is 10.5. The van der Waals surface area contributed by atoms with Crippen molar-refractivity contribution in [1.82, 2.24) is 4.90 Å². The van der Waals surface area contributed by atoms with Gasteiger partial charge in [0, 0.05) is 40.4 Å². The molecule has 0 radical (unpaired) electrons. The zero-order valence-corrected chi connectivity index (χ0v) is 12.2. The summed E-state index contributed by atoms with van der Waals surface area (Å²) in [7, 11) is 0. The van der Waals surface area contributed by atoms with Crippen LogP contribution in [0.25, 0.3) is 6.08 Å². The number of carbonyl (C=O) groups is 2. The highest BCUT2D eigenvalue weighted by Crippen LogP contribution is 2.22. The lowest BCUT2D eigenvalue weighted by Crippen LogP contribution is -2.44. The van der Waals surface area contributed by atoms with Crippen LogP contribution in [-0.4, -0.2) is 46.0 Å². The van der Waals surface area contributed by atoms with Crippen LogP contribution in [-0.2, 0) is 4.79 Å². The van der Waals surface area contributed by atoms with Gasteiger partial charge < -0.3 is 10.0 Å². The highest BCUT2D eigenvalue weighted by Gasteiger charge is 2.24. The predicted molar refractivity (Wildman–Crippen MR) is 78.8 cm³/mol. The average Bonchev–Trinajstić information content (AvgIpc) is 2.85. The van der Waals surface area contributed by atoms with E-state index in [9.17, 15) is 9.59 Å². The first kappa shape index (κ1) is 14.1. The van der Waals surface area contributed by atoms with Crippen LogP contribution in [0, 0.1) is 0 Å². The molecule has 4 nitrogen and oxygen atoms in total. The standard InChI is InChI=1S/C13H15NO3S2/c1-9-7-18-5-4-14(9)13(17)10-6-11(19-8-10)2-3-12(15)16/h2-3,6,8-9H,4-5,7H2,1H3,(H,15,16). The Hall–Kier alpha value is -1.27. The molecule has 0 bridgehead atoms. The molecule has 0 aliphatic carbocycles. The van der Waals surface area contributed by atoms with Crippen molar-refractivity contribution in [3.63, 3.8) is 0 Å². The summed E-state index contributed by atoms with van der Waals surface area (Å²) in [6.45, 7) is 2.84. The summed E-state index contributed by atoms with van der Waals surface area (Å²) < 4.78 is 0. The van der Waals surface area contributed by atoms with Crippen LogP contribution in [0.5, 0.6) is 0 Å². The van der Waals surface area contributed by atoms with Gasteiger partial charge in [0.25, 0.3) is 5.91 Å². The van der Waals surface area contributed by atoms with Gasteiger partial charge in [-0.15, -0.1) is 11.3 Å². The Balaban J connectivity index is 2.09. The van der Waals surface area contributed by atoms with Gasteiger partial charge in [0.1, 0.15) is 0 Å². The minimum atomic E-state index is -0.983. The fraction of sp³-hybridized carbons (Fsp3) is 0.385. The van der Waals surface area contributed by atoms with Crippen LogP contribution in [0.4, 0.5) is 0 Å². The first-order valence-corrected chi connectivity index (χ1v) is 7.99. The maximum atomic E-state index is 12.3. The van der Waals surface area contributed by atoms with Gasteiger partial charge in [-0.25, -0.2) is 4.79 Å². The van der Waals surface area contributed by atoms with E-state index in [-0.39, 0.29) is 11.9 Å². The zero-order chi connectivity index (χ0) is 13.8. The number of nitrogens with zero attached hydrogens (tertiary/aromatic N) is 1. The fourth-order valence-corrected chi connectivity index (χ4v) is 3.69. The topological polar surface area (TPSA) is 57.6 Å². The maximum Gasteiger partial charge on any atom is 0.328 e. The molecule has 0 spiro atoms. The summed E-state index contributed by atoms with van der Waals surface area (Å²) in [6, 6.07) is 2.00. The third kappa shape index (κ3) is 3.61. The van der Waals surface area contributed by atoms with E-state index in [2.05, 4.69) is 6.92 Å². The Morgan fingerprint density at radius 2 is 2.32 bits per heavy atom. The van der Waals surface area contributed by atoms with E-state index >= 15 is 0 Å². The van der Waals surface area contributed by atoms with Crippen LogP contribution in [0.3, 0.4) is 0 Å². The molecular formula is C13H15NO3S2. The van der Waals surface area contributed by atoms with Crippen LogP contribution in [0.15, 0.2) is 17.5 Å². The lowest BCUT2D eigenvalue weighted by atomic mass is 10.2. The molecule has 1 unspecified atom stereocenters. The van der Waals surface area contributed by atoms with Crippen molar-refractivity contribution >= 4 is 41.1 Å². The second-order valence-electron chi connectivity index (χ2n) is 4.33. The molecule has 0 aromatic carbocycles. The molecule has 2 heterocycles. The van der Waals surface area contributed by atoms with E-state index in [1.54, 1.807) is 11.4 Å². The average molecular weight is 297 g/mol. The smallest absolute Gasteiger partial charge is 0.328 e. The Morgan fingerprint density at radius 3 is 3.00 bits per heavy atom. The normalized spacial score (nSPS) is 19.8. The molecule has 0 saturated carbocycles. The van der Waals surface area contributed by atoms with Gasteiger partial charge in [0.15, 0.2) is 0 Å². The maximum absolute atomic E-state index is 12.3. The Morgan fingerprint density at radius 1 is 1.53 bits per heavy atom. The van der Waals surface area contributed by atoms with Crippen molar-refractivity contribution in [3.05, 3.63) is 28.0 Å². The van der Waals surface area contributed by atoms with Crippen LogP contribution >= 0.6 is 23.1 Å². The highest BCUT2D eigenvalue weighted by molar-refractivity contribution is 7.99. The molecule has 1 N–H and O–H groups in total. The molecule has 102 valence electrons. The second kappa shape index (κ2) is 6.25. The van der Waals surface area contributed by atoms with Gasteiger partial charge in [-0.2, -0.15) is 11.8 Å². The molecule has 19 heavy (non-hydrogen) atoms. The molecule has 2 rings (SSSR count). The molecule has 1 aromatic heterocycles. The van der Waals surface area contributed by atoms with Gasteiger partial charge in [-0.05, 0) is 19.1 Å². The molecule has 6 heteroatoms. The van der Waals surface area contributed by atoms with E-state index in [0.29, 0.717) is 5.56 Å². The summed E-state index contributed by atoms with van der Waals surface area (Å²) in [6.07, 6.45) is 2.60. The number of hydrogen-bond acceptors (Lipinski definition) is 4. The van der Waals surface area contributed by atoms with E-state index in [1.165, 1.54) is 17.4 Å². The minimum absolute atomic E-state index is 0.0408. The number of carboxylic acid groups (broad SMARTS) is 1. The molecule has 1 aliphatic rings. The van der Waals surface area contributed by atoms with E-state index < -0.39 is 5.97 Å². The number of rotatable bonds is 3.